The van der Waals surface area contributed by atoms with Crippen molar-refractivity contribution in [1.29, 1.82) is 0 Å². The molecule has 0 radical (unpaired) electrons. The first-order chi connectivity index (χ1) is 13.2. The third kappa shape index (κ3) is 9.71. The van der Waals surface area contributed by atoms with E-state index in [2.05, 4.69) is 18.7 Å². The van der Waals surface area contributed by atoms with Crippen molar-refractivity contribution in [2.24, 2.45) is 0 Å². The number of piperidine rings is 1. The molecule has 1 fully saturated rings. The van der Waals surface area contributed by atoms with Crippen LogP contribution >= 0.6 is 0 Å². The number of ether oxygens (including phenoxy) is 1. The molecular weight excluding hydrogens is 342 g/mol. The van der Waals surface area contributed by atoms with Gasteiger partial charge in [-0.3, -0.25) is 4.90 Å². The highest BCUT2D eigenvalue weighted by Gasteiger charge is 2.42. The Balaban J connectivity index is 2.37. The van der Waals surface area contributed by atoms with Gasteiger partial charge in [0.1, 0.15) is 12.2 Å². The smallest absolute Gasteiger partial charge is 0.109 e. The van der Waals surface area contributed by atoms with Crippen molar-refractivity contribution in [2.75, 3.05) is 26.3 Å². The van der Waals surface area contributed by atoms with Crippen molar-refractivity contribution in [3.63, 3.8) is 0 Å². The Morgan fingerprint density at radius 2 is 1.37 bits per heavy atom. The molecule has 0 unspecified atom stereocenters. The molecule has 27 heavy (non-hydrogen) atoms. The van der Waals surface area contributed by atoms with E-state index in [1.54, 1.807) is 0 Å². The molecular formula is C22H45NO4. The quantitative estimate of drug-likeness (QED) is 0.354. The summed E-state index contributed by atoms with van der Waals surface area (Å²) < 4.78 is 5.95. The van der Waals surface area contributed by atoms with Crippen LogP contribution in [-0.4, -0.2) is 70.9 Å². The average molecular weight is 388 g/mol. The van der Waals surface area contributed by atoms with Crippen LogP contribution in [0.1, 0.15) is 90.9 Å². The second-order valence-corrected chi connectivity index (χ2v) is 8.17. The van der Waals surface area contributed by atoms with Gasteiger partial charge in [0.2, 0.25) is 0 Å². The maximum Gasteiger partial charge on any atom is 0.109 e. The number of aliphatic hydroxyl groups is 3. The molecule has 1 rings (SSSR count). The molecule has 5 heteroatoms. The Morgan fingerprint density at radius 3 is 1.96 bits per heavy atom. The van der Waals surface area contributed by atoms with E-state index in [0.717, 1.165) is 25.8 Å². The molecule has 162 valence electrons. The third-order valence-electron chi connectivity index (χ3n) is 5.79. The fourth-order valence-corrected chi connectivity index (χ4v) is 4.02. The Labute approximate surface area is 167 Å². The van der Waals surface area contributed by atoms with Gasteiger partial charge in [-0.05, 0) is 19.4 Å². The molecule has 1 aliphatic heterocycles. The number of hydrogen-bond acceptors (Lipinski definition) is 5. The van der Waals surface area contributed by atoms with Crippen LogP contribution in [0.15, 0.2) is 0 Å². The summed E-state index contributed by atoms with van der Waals surface area (Å²) in [5, 5.41) is 30.5. The van der Waals surface area contributed by atoms with Gasteiger partial charge in [-0.25, -0.2) is 0 Å². The van der Waals surface area contributed by atoms with Crippen LogP contribution in [-0.2, 0) is 4.74 Å². The van der Waals surface area contributed by atoms with E-state index < -0.39 is 18.3 Å². The van der Waals surface area contributed by atoms with Gasteiger partial charge in [0.25, 0.3) is 0 Å². The van der Waals surface area contributed by atoms with Gasteiger partial charge in [-0.1, -0.05) is 78.1 Å². The lowest BCUT2D eigenvalue weighted by Crippen LogP contribution is -2.63. The van der Waals surface area contributed by atoms with Crippen LogP contribution in [0.3, 0.4) is 0 Å². The summed E-state index contributed by atoms with van der Waals surface area (Å²) in [5.41, 5.74) is 0. The molecule has 0 spiro atoms. The molecule has 4 atom stereocenters. The van der Waals surface area contributed by atoms with Crippen molar-refractivity contribution < 1.29 is 20.1 Å². The van der Waals surface area contributed by atoms with E-state index in [-0.39, 0.29) is 12.6 Å². The fourth-order valence-electron chi connectivity index (χ4n) is 4.02. The maximum absolute atomic E-state index is 10.4. The van der Waals surface area contributed by atoms with Gasteiger partial charge < -0.3 is 20.1 Å². The molecule has 1 saturated heterocycles. The normalized spacial score (nSPS) is 26.6. The lowest BCUT2D eigenvalue weighted by Gasteiger charge is -2.45. The fraction of sp³-hybridized carbons (Fsp3) is 1.00. The minimum atomic E-state index is -0.914. The molecule has 3 N–H and O–H groups in total. The summed E-state index contributed by atoms with van der Waals surface area (Å²) in [6.45, 7) is 6.24. The third-order valence-corrected chi connectivity index (χ3v) is 5.79. The molecule has 0 bridgehead atoms. The van der Waals surface area contributed by atoms with E-state index >= 15 is 0 Å². The summed E-state index contributed by atoms with van der Waals surface area (Å²) in [6, 6.07) is -0.223. The van der Waals surface area contributed by atoms with Gasteiger partial charge in [0, 0.05) is 13.2 Å². The minimum Gasteiger partial charge on any atom is -0.395 e. The predicted molar refractivity (Wildman–Crippen MR) is 111 cm³/mol. The van der Waals surface area contributed by atoms with Crippen molar-refractivity contribution in [3.05, 3.63) is 0 Å². The lowest BCUT2D eigenvalue weighted by atomic mass is 9.93. The van der Waals surface area contributed by atoms with Crippen LogP contribution in [0.5, 0.6) is 0 Å². The molecule has 0 amide bonds. The molecule has 1 heterocycles. The number of aliphatic hydroxyl groups excluding tert-OH is 3. The van der Waals surface area contributed by atoms with Crippen LogP contribution in [0.25, 0.3) is 0 Å². The second-order valence-electron chi connectivity index (χ2n) is 8.17. The van der Waals surface area contributed by atoms with Crippen LogP contribution < -0.4 is 0 Å². The van der Waals surface area contributed by atoms with Crippen molar-refractivity contribution in [3.8, 4) is 0 Å². The van der Waals surface area contributed by atoms with Gasteiger partial charge in [-0.2, -0.15) is 0 Å². The van der Waals surface area contributed by atoms with Crippen LogP contribution in [0, 0.1) is 0 Å². The molecule has 1 aliphatic rings. The highest BCUT2D eigenvalue weighted by molar-refractivity contribution is 4.95. The number of nitrogens with zero attached hydrogens (tertiary/aromatic N) is 1. The first-order valence-electron chi connectivity index (χ1n) is 11.5. The van der Waals surface area contributed by atoms with Crippen LogP contribution in [0.4, 0.5) is 0 Å². The van der Waals surface area contributed by atoms with E-state index in [0.29, 0.717) is 13.2 Å². The molecule has 0 aliphatic carbocycles. The summed E-state index contributed by atoms with van der Waals surface area (Å²) in [4.78, 5) is 2.11. The number of hydrogen-bond donors (Lipinski definition) is 3. The Hall–Kier alpha value is -0.200. The first kappa shape index (κ1) is 24.8. The maximum atomic E-state index is 10.4. The molecule has 0 aromatic carbocycles. The molecule has 5 nitrogen and oxygen atoms in total. The predicted octanol–water partition coefficient (Wildman–Crippen LogP) is 3.49. The van der Waals surface area contributed by atoms with Gasteiger partial charge >= 0.3 is 0 Å². The number of rotatable bonds is 16. The highest BCUT2D eigenvalue weighted by Crippen LogP contribution is 2.23. The largest absolute Gasteiger partial charge is 0.395 e. The molecule has 0 saturated carbocycles. The van der Waals surface area contributed by atoms with Crippen molar-refractivity contribution in [1.82, 2.24) is 4.90 Å². The Bertz CT molecular complexity index is 342. The highest BCUT2D eigenvalue weighted by atomic mass is 16.5. The minimum absolute atomic E-state index is 0.0409. The summed E-state index contributed by atoms with van der Waals surface area (Å²) >= 11 is 0. The topological polar surface area (TPSA) is 73.2 Å². The van der Waals surface area contributed by atoms with Gasteiger partial charge in [0.15, 0.2) is 0 Å². The van der Waals surface area contributed by atoms with E-state index in [1.807, 2.05) is 0 Å². The molecule has 0 aromatic heterocycles. The zero-order valence-corrected chi connectivity index (χ0v) is 17.8. The monoisotopic (exact) mass is 387 g/mol. The standard InChI is InChI=1S/C22H45NO4/c1-3-5-7-9-11-13-15-23-17-20(25)21(26)22(19(23)18-24)27-16-14-12-10-8-6-4-2/h19-22,24-26H,3-18H2,1-2H3/t19-,20+,21-,22-/m1/s1. The van der Waals surface area contributed by atoms with Gasteiger partial charge in [-0.15, -0.1) is 0 Å². The van der Waals surface area contributed by atoms with Crippen molar-refractivity contribution >= 4 is 0 Å². The van der Waals surface area contributed by atoms with E-state index in [4.69, 9.17) is 4.74 Å². The van der Waals surface area contributed by atoms with Crippen molar-refractivity contribution in [2.45, 2.75) is 115 Å². The Morgan fingerprint density at radius 1 is 0.815 bits per heavy atom. The molecule has 0 aromatic rings. The zero-order valence-electron chi connectivity index (χ0n) is 17.8. The number of likely N-dealkylation sites (tertiary alicyclic amines) is 1. The van der Waals surface area contributed by atoms with E-state index in [9.17, 15) is 15.3 Å². The van der Waals surface area contributed by atoms with E-state index in [1.165, 1.54) is 57.8 Å². The summed E-state index contributed by atoms with van der Waals surface area (Å²) in [5.74, 6) is 0. The number of unbranched alkanes of at least 4 members (excludes halogenated alkanes) is 10. The van der Waals surface area contributed by atoms with Crippen LogP contribution in [0.2, 0.25) is 0 Å². The summed E-state index contributed by atoms with van der Waals surface area (Å²) in [6.07, 6.45) is 12.2. The summed E-state index contributed by atoms with van der Waals surface area (Å²) in [7, 11) is 0. The van der Waals surface area contributed by atoms with Gasteiger partial charge in [0.05, 0.1) is 18.8 Å². The SMILES string of the molecule is CCCCCCCCO[C@H]1[C@H](O)[C@@H](O)CN(CCCCCCCC)[C@@H]1CO. The lowest BCUT2D eigenvalue weighted by molar-refractivity contribution is -0.167. The average Bonchev–Trinajstić information content (AvgIpc) is 2.67. The second kappa shape index (κ2) is 15.7. The first-order valence-corrected chi connectivity index (χ1v) is 11.5. The zero-order chi connectivity index (χ0) is 19.9. The number of β-amino-alcohol motifs (C(OH)–C–C–N with tert-alkyl or cyclic N) is 1. The Kier molecular flexibility index (Phi) is 14.4.